The summed E-state index contributed by atoms with van der Waals surface area (Å²) in [7, 11) is 0. The molecule has 136 valence electrons. The molecule has 0 bridgehead atoms. The van der Waals surface area contributed by atoms with E-state index in [1.807, 2.05) is 0 Å². The highest BCUT2D eigenvalue weighted by Gasteiger charge is 2.30. The number of ether oxygens (including phenoxy) is 2. The summed E-state index contributed by atoms with van der Waals surface area (Å²) in [4.78, 5) is 12.3. The summed E-state index contributed by atoms with van der Waals surface area (Å²) in [5.41, 5.74) is 0.851. The second kappa shape index (κ2) is 8.55. The average Bonchev–Trinajstić information content (AvgIpc) is 2.47. The van der Waals surface area contributed by atoms with Crippen LogP contribution in [-0.4, -0.2) is 44.0 Å². The molecule has 1 aromatic carbocycles. The van der Waals surface area contributed by atoms with Gasteiger partial charge in [-0.15, -0.1) is 12.4 Å². The lowest BCUT2D eigenvalue weighted by molar-refractivity contribution is -0.153. The van der Waals surface area contributed by atoms with E-state index in [-0.39, 0.29) is 30.2 Å². The minimum Gasteiger partial charge on any atom is -0.484 e. The number of hydrogen-bond acceptors (Lipinski definition) is 4. The van der Waals surface area contributed by atoms with Crippen LogP contribution < -0.4 is 15.4 Å². The summed E-state index contributed by atoms with van der Waals surface area (Å²) in [6, 6.07) is 4.06. The van der Waals surface area contributed by atoms with Gasteiger partial charge in [0.2, 0.25) is 5.91 Å². The molecule has 0 radical (unpaired) electrons. The maximum Gasteiger partial charge on any atom is 0.422 e. The van der Waals surface area contributed by atoms with Crippen molar-refractivity contribution in [2.75, 3.05) is 25.1 Å². The van der Waals surface area contributed by atoms with Crippen molar-refractivity contribution in [2.45, 2.75) is 32.2 Å². The zero-order valence-corrected chi connectivity index (χ0v) is 14.1. The second-order valence-electron chi connectivity index (χ2n) is 5.33. The van der Waals surface area contributed by atoms with E-state index in [1.54, 1.807) is 19.9 Å². The molecule has 1 heterocycles. The largest absolute Gasteiger partial charge is 0.484 e. The van der Waals surface area contributed by atoms with Crippen LogP contribution in [0.4, 0.5) is 18.9 Å². The first-order valence-electron chi connectivity index (χ1n) is 7.23. The number of nitrogens with one attached hydrogen (secondary N) is 2. The monoisotopic (exact) mass is 368 g/mol. The van der Waals surface area contributed by atoms with Gasteiger partial charge in [0.05, 0.1) is 12.7 Å². The van der Waals surface area contributed by atoms with E-state index in [0.29, 0.717) is 24.4 Å². The summed E-state index contributed by atoms with van der Waals surface area (Å²) >= 11 is 0. The maximum absolute atomic E-state index is 12.3. The Labute approximate surface area is 144 Å². The van der Waals surface area contributed by atoms with Crippen LogP contribution in [0.15, 0.2) is 18.2 Å². The van der Waals surface area contributed by atoms with Crippen molar-refractivity contribution in [3.05, 3.63) is 23.8 Å². The molecule has 0 unspecified atom stereocenters. The van der Waals surface area contributed by atoms with Gasteiger partial charge in [-0.2, -0.15) is 13.2 Å². The molecule has 9 heteroatoms. The molecule has 1 aliphatic rings. The van der Waals surface area contributed by atoms with E-state index < -0.39 is 18.8 Å². The smallest absolute Gasteiger partial charge is 0.422 e. The van der Waals surface area contributed by atoms with Gasteiger partial charge < -0.3 is 20.1 Å². The SMILES string of the molecule is Cc1c(NC(=O)[C@H]2NCCO[C@@H]2C)cccc1OCC(F)(F)F.Cl. The molecular formula is C15H20ClF3N2O3. The van der Waals surface area contributed by atoms with Gasteiger partial charge in [-0.05, 0) is 26.0 Å². The lowest BCUT2D eigenvalue weighted by atomic mass is 10.1. The van der Waals surface area contributed by atoms with Crippen LogP contribution >= 0.6 is 12.4 Å². The second-order valence-corrected chi connectivity index (χ2v) is 5.33. The normalized spacial score (nSPS) is 20.9. The van der Waals surface area contributed by atoms with Crippen molar-refractivity contribution in [1.29, 1.82) is 0 Å². The van der Waals surface area contributed by atoms with Crippen molar-refractivity contribution in [2.24, 2.45) is 0 Å². The molecule has 1 saturated heterocycles. The van der Waals surface area contributed by atoms with Crippen molar-refractivity contribution >= 4 is 24.0 Å². The summed E-state index contributed by atoms with van der Waals surface area (Å²) in [5, 5.41) is 5.76. The fourth-order valence-corrected chi connectivity index (χ4v) is 2.30. The van der Waals surface area contributed by atoms with Crippen molar-refractivity contribution in [3.63, 3.8) is 0 Å². The zero-order chi connectivity index (χ0) is 17.0. The Balaban J connectivity index is 0.00000288. The van der Waals surface area contributed by atoms with Gasteiger partial charge in [-0.25, -0.2) is 0 Å². The van der Waals surface area contributed by atoms with Crippen LogP contribution in [0.25, 0.3) is 0 Å². The molecule has 5 nitrogen and oxygen atoms in total. The lowest BCUT2D eigenvalue weighted by Gasteiger charge is -2.29. The molecule has 0 saturated carbocycles. The number of hydrogen-bond donors (Lipinski definition) is 2. The van der Waals surface area contributed by atoms with E-state index in [9.17, 15) is 18.0 Å². The molecule has 2 rings (SSSR count). The highest BCUT2D eigenvalue weighted by molar-refractivity contribution is 5.96. The Morgan fingerprint density at radius 3 is 2.79 bits per heavy atom. The van der Waals surface area contributed by atoms with Crippen LogP contribution in [0.2, 0.25) is 0 Å². The van der Waals surface area contributed by atoms with Crippen LogP contribution in [0, 0.1) is 6.92 Å². The van der Waals surface area contributed by atoms with Crippen LogP contribution in [0.1, 0.15) is 12.5 Å². The first-order valence-corrected chi connectivity index (χ1v) is 7.23. The summed E-state index contributed by atoms with van der Waals surface area (Å²) < 4.78 is 46.9. The molecule has 0 spiro atoms. The number of anilines is 1. The molecule has 1 aliphatic heterocycles. The number of rotatable bonds is 4. The van der Waals surface area contributed by atoms with Gasteiger partial charge in [0, 0.05) is 17.8 Å². The Kier molecular flexibility index (Phi) is 7.31. The third kappa shape index (κ3) is 5.54. The molecule has 2 atom stereocenters. The lowest BCUT2D eigenvalue weighted by Crippen LogP contribution is -2.53. The number of alkyl halides is 3. The molecule has 1 aromatic rings. The van der Waals surface area contributed by atoms with E-state index in [1.165, 1.54) is 12.1 Å². The number of halogens is 4. The fourth-order valence-electron chi connectivity index (χ4n) is 2.30. The molecule has 0 aromatic heterocycles. The van der Waals surface area contributed by atoms with Gasteiger partial charge >= 0.3 is 6.18 Å². The minimum atomic E-state index is -4.41. The van der Waals surface area contributed by atoms with Crippen molar-refractivity contribution in [3.8, 4) is 5.75 Å². The van der Waals surface area contributed by atoms with E-state index in [4.69, 9.17) is 9.47 Å². The summed E-state index contributed by atoms with van der Waals surface area (Å²) in [5.74, 6) is -0.214. The van der Waals surface area contributed by atoms with Gasteiger partial charge in [-0.3, -0.25) is 4.79 Å². The predicted molar refractivity (Wildman–Crippen MR) is 85.8 cm³/mol. The third-order valence-corrected chi connectivity index (χ3v) is 3.53. The Morgan fingerprint density at radius 2 is 2.17 bits per heavy atom. The van der Waals surface area contributed by atoms with E-state index in [0.717, 1.165) is 0 Å². The average molecular weight is 369 g/mol. The van der Waals surface area contributed by atoms with Gasteiger partial charge in [0.15, 0.2) is 6.61 Å². The highest BCUT2D eigenvalue weighted by Crippen LogP contribution is 2.27. The fraction of sp³-hybridized carbons (Fsp3) is 0.533. The molecular weight excluding hydrogens is 349 g/mol. The number of carbonyl (C=O) groups is 1. The highest BCUT2D eigenvalue weighted by atomic mass is 35.5. The number of morpholine rings is 1. The first-order chi connectivity index (χ1) is 10.8. The molecule has 0 aliphatic carbocycles. The van der Waals surface area contributed by atoms with Gasteiger partial charge in [-0.1, -0.05) is 6.07 Å². The molecule has 1 fully saturated rings. The first kappa shape index (κ1) is 20.5. The Bertz CT molecular complexity index is 569. The standard InChI is InChI=1S/C15H19F3N2O3.ClH/c1-9-11(4-3-5-12(9)23-8-15(16,17)18)20-14(21)13-10(2)22-7-6-19-13;/h3-5,10,13,19H,6-8H2,1-2H3,(H,20,21);1H/t10-,13+;/m1./s1. The van der Waals surface area contributed by atoms with Gasteiger partial charge in [0.25, 0.3) is 0 Å². The minimum absolute atomic E-state index is 0. The van der Waals surface area contributed by atoms with Crippen LogP contribution in [-0.2, 0) is 9.53 Å². The van der Waals surface area contributed by atoms with Crippen LogP contribution in [0.5, 0.6) is 5.75 Å². The molecule has 2 N–H and O–H groups in total. The predicted octanol–water partition coefficient (Wildman–Crippen LogP) is 2.67. The summed E-state index contributed by atoms with van der Waals surface area (Å²) in [6.07, 6.45) is -4.70. The maximum atomic E-state index is 12.3. The third-order valence-electron chi connectivity index (χ3n) is 3.53. The van der Waals surface area contributed by atoms with Crippen molar-refractivity contribution < 1.29 is 27.4 Å². The summed E-state index contributed by atoms with van der Waals surface area (Å²) in [6.45, 7) is 3.10. The number of benzene rings is 1. The van der Waals surface area contributed by atoms with E-state index in [2.05, 4.69) is 10.6 Å². The molecule has 24 heavy (non-hydrogen) atoms. The van der Waals surface area contributed by atoms with Gasteiger partial charge in [0.1, 0.15) is 11.8 Å². The van der Waals surface area contributed by atoms with Crippen LogP contribution in [0.3, 0.4) is 0 Å². The topological polar surface area (TPSA) is 59.6 Å². The number of amides is 1. The van der Waals surface area contributed by atoms with E-state index >= 15 is 0 Å². The Morgan fingerprint density at radius 1 is 1.46 bits per heavy atom. The quantitative estimate of drug-likeness (QED) is 0.858. The Hall–Kier alpha value is -1.51. The number of carbonyl (C=O) groups excluding carboxylic acids is 1. The zero-order valence-electron chi connectivity index (χ0n) is 13.3. The van der Waals surface area contributed by atoms with Crippen molar-refractivity contribution in [1.82, 2.24) is 5.32 Å². The molecule has 1 amide bonds.